The molecule has 0 unspecified atom stereocenters. The van der Waals surface area contributed by atoms with Crippen molar-refractivity contribution in [2.75, 3.05) is 35.9 Å². The van der Waals surface area contributed by atoms with Crippen LogP contribution in [0.25, 0.3) is 0 Å². The molecule has 11 heteroatoms. The summed E-state index contributed by atoms with van der Waals surface area (Å²) in [5.41, 5.74) is -1.29. The van der Waals surface area contributed by atoms with Gasteiger partial charge < -0.3 is 9.64 Å². The molecule has 0 saturated carbocycles. The van der Waals surface area contributed by atoms with Crippen molar-refractivity contribution in [2.45, 2.75) is 11.1 Å². The standard InChI is InChI=1S/C17H15F5N2O3S/c18-12-2-3-13(19)16(10-12)28(25,26)23-14-9-11(17(20,21)22)1-4-15(14)24-5-7-27-8-6-24/h1-4,9-10,23H,5-8H2. The van der Waals surface area contributed by atoms with Crippen LogP contribution in [-0.4, -0.2) is 34.7 Å². The second kappa shape index (κ2) is 7.55. The molecule has 0 bridgehead atoms. The lowest BCUT2D eigenvalue weighted by Crippen LogP contribution is -2.37. The van der Waals surface area contributed by atoms with Gasteiger partial charge in [-0.15, -0.1) is 0 Å². The first-order valence-electron chi connectivity index (χ1n) is 8.10. The van der Waals surface area contributed by atoms with Crippen molar-refractivity contribution in [3.63, 3.8) is 0 Å². The minimum absolute atomic E-state index is 0.177. The third-order valence-corrected chi connectivity index (χ3v) is 5.48. The number of morpholine rings is 1. The average molecular weight is 422 g/mol. The fraction of sp³-hybridized carbons (Fsp3) is 0.294. The number of ether oxygens (including phenoxy) is 1. The Bertz CT molecular complexity index is 973. The Morgan fingerprint density at radius 2 is 1.68 bits per heavy atom. The second-order valence-corrected chi connectivity index (χ2v) is 7.66. The molecule has 0 radical (unpaired) electrons. The van der Waals surface area contributed by atoms with E-state index in [-0.39, 0.29) is 11.4 Å². The summed E-state index contributed by atoms with van der Waals surface area (Å²) in [6, 6.07) is 4.40. The Morgan fingerprint density at radius 3 is 2.32 bits per heavy atom. The lowest BCUT2D eigenvalue weighted by molar-refractivity contribution is -0.137. The Morgan fingerprint density at radius 1 is 1.00 bits per heavy atom. The number of hydrogen-bond donors (Lipinski definition) is 1. The van der Waals surface area contributed by atoms with Crippen molar-refractivity contribution < 1.29 is 35.1 Å². The van der Waals surface area contributed by atoms with Crippen molar-refractivity contribution in [1.29, 1.82) is 0 Å². The van der Waals surface area contributed by atoms with E-state index in [1.54, 1.807) is 4.90 Å². The van der Waals surface area contributed by atoms with Crippen LogP contribution >= 0.6 is 0 Å². The maximum absolute atomic E-state index is 13.9. The molecule has 5 nitrogen and oxygen atoms in total. The van der Waals surface area contributed by atoms with Gasteiger partial charge in [-0.05, 0) is 36.4 Å². The van der Waals surface area contributed by atoms with E-state index in [4.69, 9.17) is 4.74 Å². The maximum atomic E-state index is 13.9. The van der Waals surface area contributed by atoms with Gasteiger partial charge >= 0.3 is 6.18 Å². The molecule has 1 aliphatic heterocycles. The molecule has 152 valence electrons. The van der Waals surface area contributed by atoms with Gasteiger partial charge in [-0.2, -0.15) is 13.2 Å². The van der Waals surface area contributed by atoms with E-state index in [9.17, 15) is 30.4 Å². The van der Waals surface area contributed by atoms with Gasteiger partial charge in [0.2, 0.25) is 0 Å². The zero-order valence-electron chi connectivity index (χ0n) is 14.3. The van der Waals surface area contributed by atoms with Crippen molar-refractivity contribution in [3.05, 3.63) is 53.6 Å². The van der Waals surface area contributed by atoms with Crippen molar-refractivity contribution in [1.82, 2.24) is 0 Å². The number of alkyl halides is 3. The molecule has 0 aliphatic carbocycles. The number of hydrogen-bond acceptors (Lipinski definition) is 4. The molecule has 3 rings (SSSR count). The molecule has 0 spiro atoms. The SMILES string of the molecule is O=S(=O)(Nc1cc(C(F)(F)F)ccc1N1CCOCC1)c1cc(F)ccc1F. The Kier molecular flexibility index (Phi) is 5.48. The van der Waals surface area contributed by atoms with Gasteiger partial charge in [0, 0.05) is 13.1 Å². The molecule has 1 N–H and O–H groups in total. The molecule has 0 atom stereocenters. The van der Waals surface area contributed by atoms with Crippen molar-refractivity contribution in [3.8, 4) is 0 Å². The summed E-state index contributed by atoms with van der Waals surface area (Å²) < 4.78 is 98.8. The molecular formula is C17H15F5N2O3S. The van der Waals surface area contributed by atoms with E-state index in [0.717, 1.165) is 18.2 Å². The molecule has 28 heavy (non-hydrogen) atoms. The fourth-order valence-corrected chi connectivity index (χ4v) is 3.91. The van der Waals surface area contributed by atoms with Gasteiger partial charge in [0.15, 0.2) is 0 Å². The number of sulfonamides is 1. The van der Waals surface area contributed by atoms with Gasteiger partial charge in [-0.25, -0.2) is 17.2 Å². The Hall–Kier alpha value is -2.40. The average Bonchev–Trinajstić information content (AvgIpc) is 2.63. The molecule has 1 heterocycles. The van der Waals surface area contributed by atoms with E-state index >= 15 is 0 Å². The van der Waals surface area contributed by atoms with Crippen LogP contribution in [0.2, 0.25) is 0 Å². The third kappa shape index (κ3) is 4.36. The molecule has 0 amide bonds. The Balaban J connectivity index is 2.06. The summed E-state index contributed by atoms with van der Waals surface area (Å²) >= 11 is 0. The first-order chi connectivity index (χ1) is 13.1. The topological polar surface area (TPSA) is 58.6 Å². The van der Waals surface area contributed by atoms with E-state index in [1.807, 2.05) is 4.72 Å². The van der Waals surface area contributed by atoms with Crippen LogP contribution in [0.4, 0.5) is 33.3 Å². The van der Waals surface area contributed by atoms with Gasteiger partial charge in [0.05, 0.1) is 30.2 Å². The van der Waals surface area contributed by atoms with Gasteiger partial charge in [-0.1, -0.05) is 0 Å². The van der Waals surface area contributed by atoms with Crippen molar-refractivity contribution >= 4 is 21.4 Å². The number of nitrogens with zero attached hydrogens (tertiary/aromatic N) is 1. The molecule has 1 fully saturated rings. The van der Waals surface area contributed by atoms with Gasteiger partial charge in [0.25, 0.3) is 10.0 Å². The smallest absolute Gasteiger partial charge is 0.378 e. The van der Waals surface area contributed by atoms with E-state index < -0.39 is 38.3 Å². The van der Waals surface area contributed by atoms with Crippen LogP contribution in [0, 0.1) is 11.6 Å². The summed E-state index contributed by atoms with van der Waals surface area (Å²) in [5.74, 6) is -2.23. The van der Waals surface area contributed by atoms with Crippen LogP contribution in [0.1, 0.15) is 5.56 Å². The summed E-state index contributed by atoms with van der Waals surface area (Å²) in [7, 11) is -4.68. The predicted molar refractivity (Wildman–Crippen MR) is 91.6 cm³/mol. The quantitative estimate of drug-likeness (QED) is 0.765. The molecular weight excluding hydrogens is 407 g/mol. The lowest BCUT2D eigenvalue weighted by Gasteiger charge is -2.31. The molecule has 1 aliphatic rings. The minimum Gasteiger partial charge on any atom is -0.378 e. The van der Waals surface area contributed by atoms with Crippen LogP contribution in [0.3, 0.4) is 0 Å². The van der Waals surface area contributed by atoms with Gasteiger partial charge in [0.1, 0.15) is 16.5 Å². The largest absolute Gasteiger partial charge is 0.416 e. The number of anilines is 2. The fourth-order valence-electron chi connectivity index (χ4n) is 2.76. The van der Waals surface area contributed by atoms with Crippen molar-refractivity contribution in [2.24, 2.45) is 0 Å². The summed E-state index contributed by atoms with van der Waals surface area (Å²) in [5, 5.41) is 0. The lowest BCUT2D eigenvalue weighted by atomic mass is 10.1. The highest BCUT2D eigenvalue weighted by Crippen LogP contribution is 2.36. The van der Waals surface area contributed by atoms with Crippen LogP contribution in [-0.2, 0) is 20.9 Å². The van der Waals surface area contributed by atoms with E-state index in [1.165, 1.54) is 0 Å². The summed E-state index contributed by atoms with van der Waals surface area (Å²) in [6.45, 7) is 1.28. The Labute approximate surface area is 157 Å². The highest BCUT2D eigenvalue weighted by molar-refractivity contribution is 7.92. The van der Waals surface area contributed by atoms with Crippen LogP contribution < -0.4 is 9.62 Å². The first-order valence-corrected chi connectivity index (χ1v) is 9.58. The number of rotatable bonds is 4. The molecule has 0 aromatic heterocycles. The maximum Gasteiger partial charge on any atom is 0.416 e. The normalized spacial score (nSPS) is 15.5. The second-order valence-electron chi connectivity index (χ2n) is 6.01. The number of nitrogens with one attached hydrogen (secondary N) is 1. The van der Waals surface area contributed by atoms with E-state index in [2.05, 4.69) is 0 Å². The van der Waals surface area contributed by atoms with Crippen LogP contribution in [0.5, 0.6) is 0 Å². The number of benzene rings is 2. The van der Waals surface area contributed by atoms with E-state index in [0.29, 0.717) is 44.5 Å². The zero-order chi connectivity index (χ0) is 20.5. The summed E-state index contributed by atoms with van der Waals surface area (Å²) in [6.07, 6.45) is -4.71. The van der Waals surface area contributed by atoms with Gasteiger partial charge in [-0.3, -0.25) is 4.72 Å². The molecule has 1 saturated heterocycles. The van der Waals surface area contributed by atoms with Crippen LogP contribution in [0.15, 0.2) is 41.3 Å². The molecule has 2 aromatic carbocycles. The zero-order valence-corrected chi connectivity index (χ0v) is 15.1. The monoisotopic (exact) mass is 422 g/mol. The third-order valence-electron chi connectivity index (χ3n) is 4.10. The first kappa shape index (κ1) is 20.3. The minimum atomic E-state index is -4.71. The highest BCUT2D eigenvalue weighted by Gasteiger charge is 2.32. The number of halogens is 5. The predicted octanol–water partition coefficient (Wildman–Crippen LogP) is 3.62. The highest BCUT2D eigenvalue weighted by atomic mass is 32.2. The molecule has 2 aromatic rings. The summed E-state index contributed by atoms with van der Waals surface area (Å²) in [4.78, 5) is 0.640.